The number of hydrogen-bond acceptors (Lipinski definition) is 6. The fourth-order valence-corrected chi connectivity index (χ4v) is 2.51. The maximum absolute atomic E-state index is 5.99. The van der Waals surface area contributed by atoms with Gasteiger partial charge in [0.05, 0.1) is 26.5 Å². The second-order valence-corrected chi connectivity index (χ2v) is 5.30. The lowest BCUT2D eigenvalue weighted by Crippen LogP contribution is -2.48. The predicted octanol–water partition coefficient (Wildman–Crippen LogP) is 0.971. The van der Waals surface area contributed by atoms with Gasteiger partial charge in [-0.3, -0.25) is 4.68 Å². The first kappa shape index (κ1) is 13.8. The lowest BCUT2D eigenvalue weighted by molar-refractivity contribution is -0.0470. The number of ether oxygens (including phenoxy) is 2. The first-order chi connectivity index (χ1) is 10.1. The summed E-state index contributed by atoms with van der Waals surface area (Å²) in [5, 5.41) is 4.23. The quantitative estimate of drug-likeness (QED) is 0.839. The molecule has 0 N–H and O–H groups in total. The van der Waals surface area contributed by atoms with Gasteiger partial charge in [-0.15, -0.1) is 0 Å². The van der Waals surface area contributed by atoms with Crippen molar-refractivity contribution in [3.63, 3.8) is 0 Å². The molecule has 0 aliphatic carbocycles. The van der Waals surface area contributed by atoms with Gasteiger partial charge < -0.3 is 14.4 Å². The zero-order valence-electron chi connectivity index (χ0n) is 12.5. The summed E-state index contributed by atoms with van der Waals surface area (Å²) in [5.41, 5.74) is 0.636. The standard InChI is InChI=1S/C14H19N5O2/c1-14(11-8-16-18(2)9-11)10-19(6-7-21-14)13-15-5-4-12(17-13)20-3/h4-5,8-9H,6-7,10H2,1-3H3. The van der Waals surface area contributed by atoms with E-state index in [4.69, 9.17) is 9.47 Å². The normalized spacial score (nSPS) is 22.3. The van der Waals surface area contributed by atoms with Crippen LogP contribution in [0.25, 0.3) is 0 Å². The Labute approximate surface area is 123 Å². The summed E-state index contributed by atoms with van der Waals surface area (Å²) < 4.78 is 12.9. The molecule has 0 saturated carbocycles. The van der Waals surface area contributed by atoms with E-state index in [1.165, 1.54) is 0 Å². The highest BCUT2D eigenvalue weighted by molar-refractivity contribution is 5.35. The molecule has 0 amide bonds. The lowest BCUT2D eigenvalue weighted by Gasteiger charge is -2.40. The number of hydrogen-bond donors (Lipinski definition) is 0. The summed E-state index contributed by atoms with van der Waals surface area (Å²) in [6, 6.07) is 1.74. The molecule has 1 fully saturated rings. The van der Waals surface area contributed by atoms with E-state index in [9.17, 15) is 0 Å². The zero-order chi connectivity index (χ0) is 14.9. The molecule has 7 heteroatoms. The van der Waals surface area contributed by atoms with Crippen LogP contribution in [0.5, 0.6) is 5.88 Å². The van der Waals surface area contributed by atoms with Gasteiger partial charge in [-0.05, 0) is 6.92 Å². The molecule has 1 aliphatic rings. The van der Waals surface area contributed by atoms with E-state index < -0.39 is 5.60 Å². The minimum atomic E-state index is -0.418. The number of aryl methyl sites for hydroxylation is 1. The molecule has 3 rings (SSSR count). The smallest absolute Gasteiger partial charge is 0.228 e. The van der Waals surface area contributed by atoms with Crippen LogP contribution in [0, 0.1) is 0 Å². The first-order valence-electron chi connectivity index (χ1n) is 6.86. The second-order valence-electron chi connectivity index (χ2n) is 5.30. The molecule has 1 unspecified atom stereocenters. The number of nitrogens with zero attached hydrogens (tertiary/aromatic N) is 5. The minimum Gasteiger partial charge on any atom is -0.481 e. The molecular weight excluding hydrogens is 270 g/mol. The summed E-state index contributed by atoms with van der Waals surface area (Å²) in [4.78, 5) is 10.8. The van der Waals surface area contributed by atoms with Gasteiger partial charge in [-0.1, -0.05) is 0 Å². The Hall–Kier alpha value is -2.15. The third kappa shape index (κ3) is 2.69. The number of rotatable bonds is 3. The average Bonchev–Trinajstić information content (AvgIpc) is 2.95. The molecule has 0 aromatic carbocycles. The maximum Gasteiger partial charge on any atom is 0.228 e. The molecule has 1 saturated heterocycles. The van der Waals surface area contributed by atoms with Gasteiger partial charge in [0.15, 0.2) is 0 Å². The molecule has 2 aromatic rings. The maximum atomic E-state index is 5.99. The Bertz CT molecular complexity index is 629. The van der Waals surface area contributed by atoms with Crippen molar-refractivity contribution in [2.24, 2.45) is 7.05 Å². The van der Waals surface area contributed by atoms with Crippen molar-refractivity contribution in [1.82, 2.24) is 19.7 Å². The van der Waals surface area contributed by atoms with Crippen LogP contribution in [0.3, 0.4) is 0 Å². The van der Waals surface area contributed by atoms with E-state index in [1.807, 2.05) is 19.4 Å². The molecule has 0 radical (unpaired) electrons. The van der Waals surface area contributed by atoms with E-state index in [1.54, 1.807) is 24.1 Å². The molecule has 21 heavy (non-hydrogen) atoms. The highest BCUT2D eigenvalue weighted by Crippen LogP contribution is 2.30. The molecule has 0 bridgehead atoms. The Balaban J connectivity index is 1.85. The Kier molecular flexibility index (Phi) is 3.50. The molecule has 7 nitrogen and oxygen atoms in total. The summed E-state index contributed by atoms with van der Waals surface area (Å²) in [6.07, 6.45) is 5.53. The third-order valence-corrected chi connectivity index (χ3v) is 3.70. The Morgan fingerprint density at radius 1 is 1.43 bits per heavy atom. The Morgan fingerprint density at radius 2 is 2.29 bits per heavy atom. The Morgan fingerprint density at radius 3 is 3.00 bits per heavy atom. The molecule has 1 atom stereocenters. The highest BCUT2D eigenvalue weighted by atomic mass is 16.5. The van der Waals surface area contributed by atoms with Crippen LogP contribution in [0.4, 0.5) is 5.95 Å². The predicted molar refractivity (Wildman–Crippen MR) is 77.3 cm³/mol. The fourth-order valence-electron chi connectivity index (χ4n) is 2.51. The monoisotopic (exact) mass is 289 g/mol. The van der Waals surface area contributed by atoms with E-state index in [-0.39, 0.29) is 0 Å². The summed E-state index contributed by atoms with van der Waals surface area (Å²) in [7, 11) is 3.50. The number of morpholine rings is 1. The van der Waals surface area contributed by atoms with Crippen molar-refractivity contribution < 1.29 is 9.47 Å². The van der Waals surface area contributed by atoms with E-state index in [0.717, 1.165) is 12.1 Å². The molecule has 112 valence electrons. The first-order valence-corrected chi connectivity index (χ1v) is 6.86. The van der Waals surface area contributed by atoms with Gasteiger partial charge in [0.2, 0.25) is 11.8 Å². The third-order valence-electron chi connectivity index (χ3n) is 3.70. The molecule has 1 aliphatic heterocycles. The number of anilines is 1. The molecule has 2 aromatic heterocycles. The van der Waals surface area contributed by atoms with Gasteiger partial charge in [0.25, 0.3) is 0 Å². The van der Waals surface area contributed by atoms with Crippen LogP contribution < -0.4 is 9.64 Å². The van der Waals surface area contributed by atoms with Gasteiger partial charge in [0, 0.05) is 37.6 Å². The van der Waals surface area contributed by atoms with Crippen molar-refractivity contribution in [2.45, 2.75) is 12.5 Å². The average molecular weight is 289 g/mol. The minimum absolute atomic E-state index is 0.418. The fraction of sp³-hybridized carbons (Fsp3) is 0.500. The summed E-state index contributed by atoms with van der Waals surface area (Å²) in [5.74, 6) is 1.22. The van der Waals surface area contributed by atoms with Gasteiger partial charge in [0.1, 0.15) is 5.60 Å². The molecular formula is C14H19N5O2. The lowest BCUT2D eigenvalue weighted by atomic mass is 9.97. The van der Waals surface area contributed by atoms with Crippen LogP contribution in [-0.4, -0.2) is 46.6 Å². The van der Waals surface area contributed by atoms with Crippen LogP contribution in [0.15, 0.2) is 24.7 Å². The van der Waals surface area contributed by atoms with Crippen LogP contribution in [0.2, 0.25) is 0 Å². The van der Waals surface area contributed by atoms with Crippen LogP contribution in [0.1, 0.15) is 12.5 Å². The van der Waals surface area contributed by atoms with Crippen molar-refractivity contribution in [2.75, 3.05) is 31.7 Å². The van der Waals surface area contributed by atoms with Gasteiger partial charge in [-0.2, -0.15) is 10.1 Å². The number of aromatic nitrogens is 4. The molecule has 0 spiro atoms. The van der Waals surface area contributed by atoms with E-state index in [0.29, 0.717) is 25.0 Å². The van der Waals surface area contributed by atoms with Crippen molar-refractivity contribution >= 4 is 5.95 Å². The topological polar surface area (TPSA) is 65.3 Å². The largest absolute Gasteiger partial charge is 0.481 e. The van der Waals surface area contributed by atoms with Crippen molar-refractivity contribution in [3.8, 4) is 5.88 Å². The van der Waals surface area contributed by atoms with Crippen molar-refractivity contribution in [1.29, 1.82) is 0 Å². The SMILES string of the molecule is COc1ccnc(N2CCOC(C)(c3cnn(C)c3)C2)n1. The van der Waals surface area contributed by atoms with Crippen LogP contribution >= 0.6 is 0 Å². The van der Waals surface area contributed by atoms with E-state index in [2.05, 4.69) is 26.9 Å². The molecule has 3 heterocycles. The summed E-state index contributed by atoms with van der Waals surface area (Å²) in [6.45, 7) is 4.11. The van der Waals surface area contributed by atoms with Crippen LogP contribution in [-0.2, 0) is 17.4 Å². The van der Waals surface area contributed by atoms with Gasteiger partial charge in [-0.25, -0.2) is 4.98 Å². The van der Waals surface area contributed by atoms with Gasteiger partial charge >= 0.3 is 0 Å². The van der Waals surface area contributed by atoms with E-state index >= 15 is 0 Å². The highest BCUT2D eigenvalue weighted by Gasteiger charge is 2.36. The summed E-state index contributed by atoms with van der Waals surface area (Å²) >= 11 is 0. The number of methoxy groups -OCH3 is 1. The van der Waals surface area contributed by atoms with Crippen molar-refractivity contribution in [3.05, 3.63) is 30.2 Å². The zero-order valence-corrected chi connectivity index (χ0v) is 12.5. The second kappa shape index (κ2) is 5.33.